The third-order valence-corrected chi connectivity index (χ3v) is 8.30. The minimum absolute atomic E-state index is 0.0485. The Morgan fingerprint density at radius 3 is 2.07 bits per heavy atom. The van der Waals surface area contributed by atoms with Crippen LogP contribution in [0.25, 0.3) is 0 Å². The van der Waals surface area contributed by atoms with E-state index in [1.165, 1.54) is 41.3 Å². The van der Waals surface area contributed by atoms with E-state index >= 15 is 0 Å². The number of hydrogen-bond donors (Lipinski definition) is 2. The minimum Gasteiger partial charge on any atom is -0.497 e. The van der Waals surface area contributed by atoms with Gasteiger partial charge in [-0.15, -0.1) is 0 Å². The molecule has 44 heavy (non-hydrogen) atoms. The highest BCUT2D eigenvalue weighted by Gasteiger charge is 2.26. The summed E-state index contributed by atoms with van der Waals surface area (Å²) in [6.07, 6.45) is 0. The van der Waals surface area contributed by atoms with Gasteiger partial charge < -0.3 is 19.7 Å². The highest BCUT2D eigenvalue weighted by atomic mass is 35.5. The predicted octanol–water partition coefficient (Wildman–Crippen LogP) is 5.40. The molecule has 0 aromatic heterocycles. The van der Waals surface area contributed by atoms with Crippen molar-refractivity contribution in [2.24, 2.45) is 0 Å². The fourth-order valence-electron chi connectivity index (χ4n) is 4.12. The normalized spacial score (nSPS) is 11.7. The van der Waals surface area contributed by atoms with E-state index in [2.05, 4.69) is 10.0 Å². The fraction of sp³-hybridized carbons (Fsp3) is 0.188. The Hall–Kier alpha value is -4.61. The Kier molecular flexibility index (Phi) is 10.8. The molecule has 1 atom stereocenters. The van der Waals surface area contributed by atoms with Crippen LogP contribution < -0.4 is 19.5 Å². The number of carbonyl (C=O) groups is 2. The van der Waals surface area contributed by atoms with Gasteiger partial charge in [0.1, 0.15) is 23.4 Å². The second kappa shape index (κ2) is 14.7. The molecule has 4 rings (SSSR count). The molecule has 4 aromatic carbocycles. The van der Waals surface area contributed by atoms with E-state index in [1.54, 1.807) is 62.6 Å². The standard InChI is InChI=1S/C32H31ClFN3O6S/c1-22(32(39)35-19-23-3-7-25(33)8-4-23)37(20-24-5-13-28(42-2)14-6-24)31(38)21-43-29-15-17-30(18-16-29)44(40,41)36-27-11-9-26(34)10-12-27/h3-18,22,36H,19-21H2,1-2H3,(H,35,39)/t22-/m0/s1. The average molecular weight is 640 g/mol. The number of methoxy groups -OCH3 is 1. The largest absolute Gasteiger partial charge is 0.497 e. The van der Waals surface area contributed by atoms with Crippen molar-refractivity contribution in [3.05, 3.63) is 119 Å². The molecule has 2 N–H and O–H groups in total. The minimum atomic E-state index is -3.94. The van der Waals surface area contributed by atoms with Gasteiger partial charge in [0.05, 0.1) is 12.0 Å². The second-order valence-corrected chi connectivity index (χ2v) is 11.9. The van der Waals surface area contributed by atoms with Gasteiger partial charge in [-0.1, -0.05) is 35.9 Å². The Morgan fingerprint density at radius 2 is 1.45 bits per heavy atom. The predicted molar refractivity (Wildman–Crippen MR) is 165 cm³/mol. The van der Waals surface area contributed by atoms with Crippen molar-refractivity contribution in [1.82, 2.24) is 10.2 Å². The van der Waals surface area contributed by atoms with E-state index < -0.39 is 34.4 Å². The zero-order chi connectivity index (χ0) is 31.7. The molecule has 0 radical (unpaired) electrons. The van der Waals surface area contributed by atoms with Crippen LogP contribution in [-0.2, 0) is 32.7 Å². The third kappa shape index (κ3) is 8.95. The lowest BCUT2D eigenvalue weighted by Gasteiger charge is -2.29. The average Bonchev–Trinajstić information content (AvgIpc) is 3.03. The maximum atomic E-state index is 13.4. The lowest BCUT2D eigenvalue weighted by atomic mass is 10.1. The number of anilines is 1. The van der Waals surface area contributed by atoms with Crippen molar-refractivity contribution in [2.45, 2.75) is 31.0 Å². The van der Waals surface area contributed by atoms with E-state index in [-0.39, 0.29) is 35.3 Å². The second-order valence-electron chi connectivity index (χ2n) is 9.76. The van der Waals surface area contributed by atoms with Crippen molar-refractivity contribution >= 4 is 39.1 Å². The number of sulfonamides is 1. The van der Waals surface area contributed by atoms with E-state index in [4.69, 9.17) is 21.1 Å². The zero-order valence-electron chi connectivity index (χ0n) is 24.0. The first-order valence-electron chi connectivity index (χ1n) is 13.5. The molecule has 4 aromatic rings. The van der Waals surface area contributed by atoms with Gasteiger partial charge in [-0.25, -0.2) is 12.8 Å². The van der Waals surface area contributed by atoms with Crippen LogP contribution in [0.5, 0.6) is 11.5 Å². The summed E-state index contributed by atoms with van der Waals surface area (Å²) in [7, 11) is -2.38. The molecule has 0 saturated heterocycles. The van der Waals surface area contributed by atoms with E-state index in [0.717, 1.165) is 23.3 Å². The van der Waals surface area contributed by atoms with Crippen LogP contribution in [0.15, 0.2) is 102 Å². The van der Waals surface area contributed by atoms with Crippen LogP contribution in [0.1, 0.15) is 18.1 Å². The first kappa shape index (κ1) is 32.3. The number of nitrogens with zero attached hydrogens (tertiary/aromatic N) is 1. The summed E-state index contributed by atoms with van der Waals surface area (Å²) in [4.78, 5) is 27.9. The molecule has 0 aliphatic carbocycles. The molecule has 2 amide bonds. The Morgan fingerprint density at radius 1 is 0.864 bits per heavy atom. The summed E-state index contributed by atoms with van der Waals surface area (Å²) in [5.74, 6) is -0.389. The lowest BCUT2D eigenvalue weighted by Crippen LogP contribution is -2.48. The molecule has 0 unspecified atom stereocenters. The van der Waals surface area contributed by atoms with Crippen molar-refractivity contribution < 1.29 is 31.9 Å². The summed E-state index contributed by atoms with van der Waals surface area (Å²) in [6.45, 7) is 1.62. The Balaban J connectivity index is 1.42. The summed E-state index contributed by atoms with van der Waals surface area (Å²) in [6, 6.07) is 23.8. The molecule has 0 bridgehead atoms. The van der Waals surface area contributed by atoms with Gasteiger partial charge in [-0.2, -0.15) is 0 Å². The molecule has 9 nitrogen and oxygen atoms in total. The summed E-state index contributed by atoms with van der Waals surface area (Å²) in [5.41, 5.74) is 1.84. The molecule has 230 valence electrons. The van der Waals surface area contributed by atoms with Gasteiger partial charge in [0.25, 0.3) is 15.9 Å². The fourth-order valence-corrected chi connectivity index (χ4v) is 5.31. The Bertz CT molecular complexity index is 1670. The molecule has 0 aliphatic heterocycles. The topological polar surface area (TPSA) is 114 Å². The van der Waals surface area contributed by atoms with Crippen molar-refractivity contribution in [2.75, 3.05) is 18.4 Å². The van der Waals surface area contributed by atoms with Crippen LogP contribution in [0, 0.1) is 5.82 Å². The van der Waals surface area contributed by atoms with Gasteiger partial charge in [-0.05, 0) is 90.8 Å². The van der Waals surface area contributed by atoms with Crippen LogP contribution in [-0.4, -0.2) is 44.9 Å². The molecule has 0 spiro atoms. The summed E-state index contributed by atoms with van der Waals surface area (Å²) >= 11 is 5.94. The summed E-state index contributed by atoms with van der Waals surface area (Å²) < 4.78 is 51.8. The highest BCUT2D eigenvalue weighted by Crippen LogP contribution is 2.21. The van der Waals surface area contributed by atoms with Crippen LogP contribution >= 0.6 is 11.6 Å². The molecule has 0 heterocycles. The van der Waals surface area contributed by atoms with E-state index in [0.29, 0.717) is 10.8 Å². The van der Waals surface area contributed by atoms with E-state index in [1.807, 2.05) is 0 Å². The molecular formula is C32H31ClFN3O6S. The van der Waals surface area contributed by atoms with Gasteiger partial charge >= 0.3 is 0 Å². The molecule has 0 aliphatic rings. The maximum absolute atomic E-state index is 13.4. The number of ether oxygens (including phenoxy) is 2. The molecule has 12 heteroatoms. The molecule has 0 fully saturated rings. The number of hydrogen-bond acceptors (Lipinski definition) is 6. The zero-order valence-corrected chi connectivity index (χ0v) is 25.6. The number of benzene rings is 4. The molecule has 0 saturated carbocycles. The Labute approximate surface area is 260 Å². The smallest absolute Gasteiger partial charge is 0.261 e. The quantitative estimate of drug-likeness (QED) is 0.203. The summed E-state index contributed by atoms with van der Waals surface area (Å²) in [5, 5.41) is 3.44. The van der Waals surface area contributed by atoms with E-state index in [9.17, 15) is 22.4 Å². The first-order valence-corrected chi connectivity index (χ1v) is 15.4. The molecular weight excluding hydrogens is 609 g/mol. The third-order valence-electron chi connectivity index (χ3n) is 6.65. The lowest BCUT2D eigenvalue weighted by molar-refractivity contribution is -0.142. The van der Waals surface area contributed by atoms with Crippen molar-refractivity contribution in [3.8, 4) is 11.5 Å². The van der Waals surface area contributed by atoms with Crippen LogP contribution in [0.4, 0.5) is 10.1 Å². The highest BCUT2D eigenvalue weighted by molar-refractivity contribution is 7.92. The van der Waals surface area contributed by atoms with Gasteiger partial charge in [0.15, 0.2) is 6.61 Å². The SMILES string of the molecule is COc1ccc(CN(C(=O)COc2ccc(S(=O)(=O)Nc3ccc(F)cc3)cc2)[C@@H](C)C(=O)NCc2ccc(Cl)cc2)cc1. The van der Waals surface area contributed by atoms with Gasteiger partial charge in [-0.3, -0.25) is 14.3 Å². The van der Waals surface area contributed by atoms with Crippen molar-refractivity contribution in [1.29, 1.82) is 0 Å². The van der Waals surface area contributed by atoms with Crippen LogP contribution in [0.3, 0.4) is 0 Å². The van der Waals surface area contributed by atoms with Gasteiger partial charge in [0.2, 0.25) is 5.91 Å². The number of carbonyl (C=O) groups excluding carboxylic acids is 2. The number of rotatable bonds is 13. The monoisotopic (exact) mass is 639 g/mol. The van der Waals surface area contributed by atoms with Crippen molar-refractivity contribution in [3.63, 3.8) is 0 Å². The van der Waals surface area contributed by atoms with Crippen LogP contribution in [0.2, 0.25) is 5.02 Å². The maximum Gasteiger partial charge on any atom is 0.261 e. The number of halogens is 2. The number of amides is 2. The van der Waals surface area contributed by atoms with Gasteiger partial charge in [0, 0.05) is 23.8 Å². The number of nitrogens with one attached hydrogen (secondary N) is 2. The first-order chi connectivity index (χ1) is 21.0.